The minimum Gasteiger partial charge on any atom is -0.489 e. The van der Waals surface area contributed by atoms with Crippen LogP contribution in [0.1, 0.15) is 18.4 Å². The number of nitrogens with zero attached hydrogens (tertiary/aromatic N) is 4. The molecule has 0 radical (unpaired) electrons. The first-order valence-electron chi connectivity index (χ1n) is 11.5. The Kier molecular flexibility index (Phi) is 7.78. The summed E-state index contributed by atoms with van der Waals surface area (Å²) in [5.74, 6) is 0.404. The van der Waals surface area contributed by atoms with E-state index in [-0.39, 0.29) is 11.9 Å². The van der Waals surface area contributed by atoms with E-state index in [1.807, 2.05) is 18.2 Å². The van der Waals surface area contributed by atoms with E-state index in [0.717, 1.165) is 52.6 Å². The Morgan fingerprint density at radius 1 is 1.13 bits per heavy atom. The van der Waals surface area contributed by atoms with Crippen LogP contribution in [-0.2, 0) is 11.0 Å². The number of carboxylic acid groups (broad SMARTS) is 1. The summed E-state index contributed by atoms with van der Waals surface area (Å²) in [5.41, 5.74) is 1.26. The van der Waals surface area contributed by atoms with Gasteiger partial charge in [-0.05, 0) is 51.3 Å². The van der Waals surface area contributed by atoms with Gasteiger partial charge in [-0.15, -0.1) is 0 Å². The van der Waals surface area contributed by atoms with Gasteiger partial charge in [0, 0.05) is 25.9 Å². The van der Waals surface area contributed by atoms with Crippen LogP contribution in [0.5, 0.6) is 5.75 Å². The topological polar surface area (TPSA) is 88.4 Å². The summed E-state index contributed by atoms with van der Waals surface area (Å²) in [6, 6.07) is 10.6. The van der Waals surface area contributed by atoms with Crippen LogP contribution in [0, 0.1) is 0 Å². The van der Waals surface area contributed by atoms with Crippen LogP contribution in [0.4, 0.5) is 19.0 Å². The van der Waals surface area contributed by atoms with Gasteiger partial charge < -0.3 is 14.7 Å². The first kappa shape index (κ1) is 26.7. The summed E-state index contributed by atoms with van der Waals surface area (Å²) in [6.45, 7) is 1.42. The van der Waals surface area contributed by atoms with Gasteiger partial charge in [-0.3, -0.25) is 4.79 Å². The number of aliphatic carboxylic acids is 1. The van der Waals surface area contributed by atoms with Crippen molar-refractivity contribution in [2.45, 2.75) is 29.5 Å². The van der Waals surface area contributed by atoms with Crippen LogP contribution in [0.15, 0.2) is 57.5 Å². The molecule has 7 nitrogen and oxygen atoms in total. The molecule has 0 atom stereocenters. The number of fused-ring (bicyclic) bond motifs is 1. The molecule has 5 rings (SSSR count). The zero-order valence-corrected chi connectivity index (χ0v) is 22.8. The molecule has 0 amide bonds. The van der Waals surface area contributed by atoms with Crippen molar-refractivity contribution in [2.75, 3.05) is 23.7 Å². The summed E-state index contributed by atoms with van der Waals surface area (Å²) in [7, 11) is 0. The van der Waals surface area contributed by atoms with Crippen molar-refractivity contribution in [2.24, 2.45) is 0 Å². The van der Waals surface area contributed by atoms with Crippen LogP contribution in [0.3, 0.4) is 0 Å². The molecule has 3 heterocycles. The van der Waals surface area contributed by atoms with Crippen molar-refractivity contribution in [1.82, 2.24) is 15.0 Å². The van der Waals surface area contributed by atoms with Gasteiger partial charge in [0.25, 0.3) is 0 Å². The van der Waals surface area contributed by atoms with E-state index in [1.165, 1.54) is 23.5 Å². The third kappa shape index (κ3) is 6.21. The third-order valence-corrected chi connectivity index (χ3v) is 8.67. The lowest BCUT2D eigenvalue weighted by Crippen LogP contribution is -2.38. The molecular weight excluding hydrogens is 605 g/mol. The van der Waals surface area contributed by atoms with Crippen LogP contribution >= 0.6 is 39.0 Å². The van der Waals surface area contributed by atoms with Crippen molar-refractivity contribution in [3.8, 4) is 16.9 Å². The monoisotopic (exact) mass is 624 g/mol. The number of anilines is 1. The zero-order valence-electron chi connectivity index (χ0n) is 19.6. The summed E-state index contributed by atoms with van der Waals surface area (Å²) < 4.78 is 46.4. The predicted octanol–water partition coefficient (Wildman–Crippen LogP) is 6.76. The Hall–Kier alpha value is -2.90. The molecule has 1 aliphatic heterocycles. The van der Waals surface area contributed by atoms with Gasteiger partial charge in [0.15, 0.2) is 14.8 Å². The highest BCUT2D eigenvalue weighted by Gasteiger charge is 2.30. The van der Waals surface area contributed by atoms with Crippen LogP contribution in [-0.4, -0.2) is 51.0 Å². The number of thiazole rings is 1. The lowest BCUT2D eigenvalue weighted by molar-refractivity contribution is -0.137. The summed E-state index contributed by atoms with van der Waals surface area (Å²) in [4.78, 5) is 27.0. The van der Waals surface area contributed by atoms with Crippen molar-refractivity contribution >= 4 is 61.3 Å². The van der Waals surface area contributed by atoms with Crippen molar-refractivity contribution in [3.05, 3.63) is 58.7 Å². The zero-order chi connectivity index (χ0) is 26.9. The van der Waals surface area contributed by atoms with Gasteiger partial charge in [-0.1, -0.05) is 41.3 Å². The van der Waals surface area contributed by atoms with Gasteiger partial charge in [-0.25, -0.2) is 15.0 Å². The second-order valence-corrected chi connectivity index (χ2v) is 11.6. The molecule has 2 aromatic heterocycles. The van der Waals surface area contributed by atoms with Crippen molar-refractivity contribution in [3.63, 3.8) is 0 Å². The molecule has 1 N–H and O–H groups in total. The molecular formula is C25H20BrF3N4O3S2. The Bertz CT molecular complexity index is 1460. The molecule has 0 aliphatic carbocycles. The highest BCUT2D eigenvalue weighted by atomic mass is 79.9. The van der Waals surface area contributed by atoms with E-state index in [9.17, 15) is 18.0 Å². The highest BCUT2D eigenvalue weighted by Crippen LogP contribution is 2.35. The van der Waals surface area contributed by atoms with Crippen LogP contribution in [0.2, 0.25) is 0 Å². The van der Waals surface area contributed by atoms with Crippen LogP contribution < -0.4 is 9.64 Å². The number of thioether (sulfide) groups is 1. The minimum atomic E-state index is -4.37. The summed E-state index contributed by atoms with van der Waals surface area (Å²) >= 11 is 5.99. The fourth-order valence-electron chi connectivity index (χ4n) is 4.04. The second kappa shape index (κ2) is 11.1. The van der Waals surface area contributed by atoms with Crippen LogP contribution in [0.25, 0.3) is 21.6 Å². The van der Waals surface area contributed by atoms with Gasteiger partial charge >= 0.3 is 12.1 Å². The Morgan fingerprint density at radius 2 is 1.84 bits per heavy atom. The van der Waals surface area contributed by atoms with E-state index >= 15 is 0 Å². The number of alkyl halides is 3. The maximum absolute atomic E-state index is 12.9. The van der Waals surface area contributed by atoms with Gasteiger partial charge in [0.05, 0.1) is 22.0 Å². The quantitative estimate of drug-likeness (QED) is 0.226. The molecule has 1 fully saturated rings. The normalized spacial score (nSPS) is 14.7. The first-order valence-corrected chi connectivity index (χ1v) is 14.1. The smallest absolute Gasteiger partial charge is 0.416 e. The molecule has 0 unspecified atom stereocenters. The summed E-state index contributed by atoms with van der Waals surface area (Å²) in [6.07, 6.45) is -1.23. The molecule has 0 saturated carbocycles. The molecule has 38 heavy (non-hydrogen) atoms. The molecule has 4 aromatic rings. The molecule has 13 heteroatoms. The number of aromatic nitrogens is 3. The number of carboxylic acids is 1. The Labute approximate surface area is 232 Å². The van der Waals surface area contributed by atoms with E-state index < -0.39 is 17.7 Å². The minimum absolute atomic E-state index is 0.0375. The number of hydrogen-bond acceptors (Lipinski definition) is 8. The SMILES string of the molecule is O=C(O)CSc1nc2ncc(N3CCC(Oc4cc(-c5ccc(C(F)(F)F)cc5)ccc4Br)CC3)nc2s1. The molecule has 1 aliphatic rings. The standard InChI is InChI=1S/C25H20BrF3N4O3S2/c26-18-6-3-15(14-1-4-16(5-2-14)25(27,28)29)11-19(18)36-17-7-9-33(10-8-17)20-12-30-22-23(31-20)38-24(32-22)37-13-21(34)35/h1-6,11-12,17H,7-10,13H2,(H,34,35). The van der Waals surface area contributed by atoms with Crippen molar-refractivity contribution < 1.29 is 27.8 Å². The average molecular weight is 625 g/mol. The fourth-order valence-corrected chi connectivity index (χ4v) is 6.05. The summed E-state index contributed by atoms with van der Waals surface area (Å²) in [5, 5.41) is 8.86. The molecule has 198 valence electrons. The molecule has 1 saturated heterocycles. The van der Waals surface area contributed by atoms with Gasteiger partial charge in [0.2, 0.25) is 0 Å². The molecule has 0 bridgehead atoms. The van der Waals surface area contributed by atoms with Gasteiger partial charge in [0.1, 0.15) is 17.7 Å². The number of ether oxygens (including phenoxy) is 1. The average Bonchev–Trinajstić information content (AvgIpc) is 3.31. The van der Waals surface area contributed by atoms with E-state index in [1.54, 1.807) is 6.20 Å². The lowest BCUT2D eigenvalue weighted by Gasteiger charge is -2.33. The fraction of sp³-hybridized carbons (Fsp3) is 0.280. The number of piperidine rings is 1. The van der Waals surface area contributed by atoms with E-state index in [2.05, 4.69) is 35.8 Å². The first-order chi connectivity index (χ1) is 18.2. The number of halogens is 4. The van der Waals surface area contributed by atoms with E-state index in [0.29, 0.717) is 39.2 Å². The number of hydrogen-bond donors (Lipinski definition) is 1. The maximum Gasteiger partial charge on any atom is 0.416 e. The number of rotatable bonds is 7. The second-order valence-electron chi connectivity index (χ2n) is 8.54. The van der Waals surface area contributed by atoms with Crippen molar-refractivity contribution in [1.29, 1.82) is 0 Å². The van der Waals surface area contributed by atoms with E-state index in [4.69, 9.17) is 9.84 Å². The predicted molar refractivity (Wildman–Crippen MR) is 144 cm³/mol. The molecule has 0 spiro atoms. The Morgan fingerprint density at radius 3 is 2.53 bits per heavy atom. The highest BCUT2D eigenvalue weighted by molar-refractivity contribution is 9.10. The largest absolute Gasteiger partial charge is 0.489 e. The third-order valence-electron chi connectivity index (χ3n) is 5.95. The maximum atomic E-state index is 12.9. The number of benzene rings is 2. The number of carbonyl (C=O) groups is 1. The molecule has 2 aromatic carbocycles. The Balaban J connectivity index is 1.22. The lowest BCUT2D eigenvalue weighted by atomic mass is 10.0. The van der Waals surface area contributed by atoms with Gasteiger partial charge in [-0.2, -0.15) is 13.2 Å².